The number of para-hydroxylation sites is 1. The molecule has 1 aliphatic heterocycles. The number of ether oxygens (including phenoxy) is 3. The second-order valence-corrected chi connectivity index (χ2v) is 6.55. The molecule has 0 aromatic heterocycles. The van der Waals surface area contributed by atoms with E-state index in [1.807, 2.05) is 45.0 Å². The van der Waals surface area contributed by atoms with Crippen LogP contribution >= 0.6 is 0 Å². The summed E-state index contributed by atoms with van der Waals surface area (Å²) in [4.78, 5) is 12.3. The summed E-state index contributed by atoms with van der Waals surface area (Å²) in [6, 6.07) is 7.63. The minimum absolute atomic E-state index is 0.0859. The summed E-state index contributed by atoms with van der Waals surface area (Å²) in [5.41, 5.74) is 0.964. The highest BCUT2D eigenvalue weighted by molar-refractivity contribution is 5.80. The van der Waals surface area contributed by atoms with E-state index in [2.05, 4.69) is 5.32 Å². The average molecular weight is 335 g/mol. The van der Waals surface area contributed by atoms with Gasteiger partial charge in [-0.05, 0) is 46.6 Å². The van der Waals surface area contributed by atoms with Crippen LogP contribution in [-0.2, 0) is 14.3 Å². The molecule has 0 spiro atoms. The number of hydrogen-bond donors (Lipinski definition) is 1. The zero-order chi connectivity index (χ0) is 17.5. The second-order valence-electron chi connectivity index (χ2n) is 6.55. The average Bonchev–Trinajstić information content (AvgIpc) is 3.05. The molecule has 1 heterocycles. The van der Waals surface area contributed by atoms with Gasteiger partial charge in [0.25, 0.3) is 0 Å². The number of hydrogen-bond acceptors (Lipinski definition) is 4. The van der Waals surface area contributed by atoms with Gasteiger partial charge in [-0.3, -0.25) is 4.79 Å². The van der Waals surface area contributed by atoms with Gasteiger partial charge in [0.05, 0.1) is 24.9 Å². The molecule has 134 valence electrons. The van der Waals surface area contributed by atoms with Crippen molar-refractivity contribution in [3.05, 3.63) is 29.8 Å². The Kier molecular flexibility index (Phi) is 7.06. The Morgan fingerprint density at radius 1 is 1.29 bits per heavy atom. The standard InChI is InChI=1S/C19H29NO4/c1-13(2)24-18-10-6-5-9-17(18)14(3)20-19(21)15(4)23-12-16-8-7-11-22-16/h5-6,9-10,13-16H,7-8,11-12H2,1-4H3,(H,20,21)/t14-,15+,16+/m0/s1. The van der Waals surface area contributed by atoms with Crippen molar-refractivity contribution >= 4 is 5.91 Å². The van der Waals surface area contributed by atoms with Crippen molar-refractivity contribution in [1.82, 2.24) is 5.32 Å². The normalized spacial score (nSPS) is 20.0. The molecule has 1 aliphatic rings. The first-order valence-corrected chi connectivity index (χ1v) is 8.76. The largest absolute Gasteiger partial charge is 0.491 e. The Bertz CT molecular complexity index is 526. The van der Waals surface area contributed by atoms with E-state index in [1.165, 1.54) is 0 Å². The maximum atomic E-state index is 12.3. The summed E-state index contributed by atoms with van der Waals surface area (Å²) < 4.78 is 17.0. The third-order valence-electron chi connectivity index (χ3n) is 4.03. The number of benzene rings is 1. The molecule has 1 N–H and O–H groups in total. The molecule has 1 amide bonds. The maximum Gasteiger partial charge on any atom is 0.249 e. The lowest BCUT2D eigenvalue weighted by atomic mass is 10.1. The number of carbonyl (C=O) groups is 1. The number of amides is 1. The fourth-order valence-electron chi connectivity index (χ4n) is 2.71. The molecule has 5 heteroatoms. The lowest BCUT2D eigenvalue weighted by Gasteiger charge is -2.22. The van der Waals surface area contributed by atoms with Crippen LogP contribution in [0, 0.1) is 0 Å². The van der Waals surface area contributed by atoms with Gasteiger partial charge in [0.15, 0.2) is 0 Å². The molecule has 1 aromatic carbocycles. The minimum Gasteiger partial charge on any atom is -0.491 e. The van der Waals surface area contributed by atoms with Gasteiger partial charge in [-0.15, -0.1) is 0 Å². The molecule has 2 rings (SSSR count). The van der Waals surface area contributed by atoms with Crippen LogP contribution in [0.2, 0.25) is 0 Å². The van der Waals surface area contributed by atoms with Crippen molar-refractivity contribution in [3.8, 4) is 5.75 Å². The van der Waals surface area contributed by atoms with Gasteiger partial charge in [0, 0.05) is 12.2 Å². The predicted octanol–water partition coefficient (Wildman–Crippen LogP) is 3.24. The molecule has 1 saturated heterocycles. The summed E-state index contributed by atoms with van der Waals surface area (Å²) in [6.45, 7) is 8.96. The Morgan fingerprint density at radius 3 is 2.71 bits per heavy atom. The van der Waals surface area contributed by atoms with Crippen LogP contribution in [0.4, 0.5) is 0 Å². The molecule has 0 radical (unpaired) electrons. The Balaban J connectivity index is 1.88. The number of nitrogens with one attached hydrogen (secondary N) is 1. The minimum atomic E-state index is -0.505. The molecule has 24 heavy (non-hydrogen) atoms. The zero-order valence-electron chi connectivity index (χ0n) is 15.1. The van der Waals surface area contributed by atoms with Crippen LogP contribution in [0.25, 0.3) is 0 Å². The summed E-state index contributed by atoms with van der Waals surface area (Å²) >= 11 is 0. The van der Waals surface area contributed by atoms with E-state index < -0.39 is 6.10 Å². The number of rotatable bonds is 8. The van der Waals surface area contributed by atoms with E-state index in [0.717, 1.165) is 30.8 Å². The maximum absolute atomic E-state index is 12.3. The van der Waals surface area contributed by atoms with Crippen LogP contribution < -0.4 is 10.1 Å². The highest BCUT2D eigenvalue weighted by Gasteiger charge is 2.22. The molecular weight excluding hydrogens is 306 g/mol. The smallest absolute Gasteiger partial charge is 0.249 e. The molecule has 0 saturated carbocycles. The van der Waals surface area contributed by atoms with Gasteiger partial charge in [-0.1, -0.05) is 18.2 Å². The van der Waals surface area contributed by atoms with Crippen LogP contribution in [0.3, 0.4) is 0 Å². The van der Waals surface area contributed by atoms with E-state index in [0.29, 0.717) is 6.61 Å². The predicted molar refractivity (Wildman–Crippen MR) is 93.2 cm³/mol. The van der Waals surface area contributed by atoms with Crippen LogP contribution in [-0.4, -0.2) is 37.4 Å². The Labute approximate surface area is 144 Å². The highest BCUT2D eigenvalue weighted by Crippen LogP contribution is 2.26. The number of carbonyl (C=O) groups excluding carboxylic acids is 1. The van der Waals surface area contributed by atoms with E-state index in [1.54, 1.807) is 6.92 Å². The lowest BCUT2D eigenvalue weighted by molar-refractivity contribution is -0.134. The van der Waals surface area contributed by atoms with Gasteiger partial charge in [0.2, 0.25) is 5.91 Å². The van der Waals surface area contributed by atoms with Gasteiger partial charge < -0.3 is 19.5 Å². The first-order chi connectivity index (χ1) is 11.5. The summed E-state index contributed by atoms with van der Waals surface area (Å²) in [5, 5.41) is 3.00. The van der Waals surface area contributed by atoms with Crippen molar-refractivity contribution < 1.29 is 19.0 Å². The molecule has 1 aromatic rings. The van der Waals surface area contributed by atoms with E-state index in [-0.39, 0.29) is 24.2 Å². The topological polar surface area (TPSA) is 56.8 Å². The van der Waals surface area contributed by atoms with Gasteiger partial charge in [-0.25, -0.2) is 0 Å². The lowest BCUT2D eigenvalue weighted by Crippen LogP contribution is -2.37. The summed E-state index contributed by atoms with van der Waals surface area (Å²) in [5.74, 6) is 0.674. The van der Waals surface area contributed by atoms with E-state index in [9.17, 15) is 4.79 Å². The highest BCUT2D eigenvalue weighted by atomic mass is 16.5. The monoisotopic (exact) mass is 335 g/mol. The molecule has 0 bridgehead atoms. The second kappa shape index (κ2) is 9.04. The SMILES string of the molecule is CC(C)Oc1ccccc1[C@H](C)NC(=O)[C@@H](C)OC[C@H]1CCCO1. The van der Waals surface area contributed by atoms with Crippen LogP contribution in [0.1, 0.15) is 52.1 Å². The fourth-order valence-corrected chi connectivity index (χ4v) is 2.71. The van der Waals surface area contributed by atoms with Crippen molar-refractivity contribution in [1.29, 1.82) is 0 Å². The zero-order valence-corrected chi connectivity index (χ0v) is 15.1. The first kappa shape index (κ1) is 18.7. The summed E-state index contributed by atoms with van der Waals surface area (Å²) in [6.07, 6.45) is 1.78. The van der Waals surface area contributed by atoms with E-state index in [4.69, 9.17) is 14.2 Å². The van der Waals surface area contributed by atoms with E-state index >= 15 is 0 Å². The van der Waals surface area contributed by atoms with Crippen molar-refractivity contribution in [3.63, 3.8) is 0 Å². The molecule has 5 nitrogen and oxygen atoms in total. The third-order valence-corrected chi connectivity index (χ3v) is 4.03. The Hall–Kier alpha value is -1.59. The molecule has 0 aliphatic carbocycles. The van der Waals surface area contributed by atoms with Gasteiger partial charge >= 0.3 is 0 Å². The fraction of sp³-hybridized carbons (Fsp3) is 0.632. The van der Waals surface area contributed by atoms with Gasteiger partial charge in [0.1, 0.15) is 11.9 Å². The quantitative estimate of drug-likeness (QED) is 0.792. The van der Waals surface area contributed by atoms with Crippen LogP contribution in [0.15, 0.2) is 24.3 Å². The van der Waals surface area contributed by atoms with Crippen molar-refractivity contribution in [2.45, 2.75) is 64.9 Å². The van der Waals surface area contributed by atoms with Crippen molar-refractivity contribution in [2.75, 3.05) is 13.2 Å². The Morgan fingerprint density at radius 2 is 2.04 bits per heavy atom. The van der Waals surface area contributed by atoms with Crippen LogP contribution in [0.5, 0.6) is 5.75 Å². The molecule has 0 unspecified atom stereocenters. The van der Waals surface area contributed by atoms with Gasteiger partial charge in [-0.2, -0.15) is 0 Å². The third kappa shape index (κ3) is 5.49. The molecule has 1 fully saturated rings. The first-order valence-electron chi connectivity index (χ1n) is 8.76. The summed E-state index contributed by atoms with van der Waals surface area (Å²) in [7, 11) is 0. The molecule has 3 atom stereocenters. The van der Waals surface area contributed by atoms with Crippen molar-refractivity contribution in [2.24, 2.45) is 0 Å². The molecular formula is C19H29NO4.